The lowest BCUT2D eigenvalue weighted by Gasteiger charge is -2.23. The molecular weight excluding hydrogens is 411 g/mol. The fourth-order valence-electron chi connectivity index (χ4n) is 3.84. The Bertz CT molecular complexity index is 1210. The first-order valence-corrected chi connectivity index (χ1v) is 10.0. The van der Waals surface area contributed by atoms with Gasteiger partial charge in [0, 0.05) is 43.2 Å². The molecular formula is C21H22F3N5O2. The van der Waals surface area contributed by atoms with Gasteiger partial charge in [-0.05, 0) is 30.9 Å². The third-order valence-corrected chi connectivity index (χ3v) is 5.55. The number of likely N-dealkylation sites (tertiary alicyclic amines) is 1. The van der Waals surface area contributed by atoms with E-state index < -0.39 is 17.9 Å². The van der Waals surface area contributed by atoms with E-state index in [1.807, 2.05) is 0 Å². The van der Waals surface area contributed by atoms with Crippen molar-refractivity contribution in [2.45, 2.75) is 44.8 Å². The second kappa shape index (κ2) is 7.51. The first kappa shape index (κ1) is 21.1. The minimum absolute atomic E-state index is 0.0985. The Morgan fingerprint density at radius 2 is 1.97 bits per heavy atom. The van der Waals surface area contributed by atoms with Gasteiger partial charge in [0.05, 0.1) is 11.7 Å². The highest BCUT2D eigenvalue weighted by Crippen LogP contribution is 2.35. The highest BCUT2D eigenvalue weighted by Gasteiger charge is 2.37. The lowest BCUT2D eigenvalue weighted by Crippen LogP contribution is -2.32. The van der Waals surface area contributed by atoms with Crippen molar-refractivity contribution in [3.63, 3.8) is 0 Å². The van der Waals surface area contributed by atoms with Crippen LogP contribution in [0.1, 0.15) is 66.1 Å². The maximum atomic E-state index is 13.7. The van der Waals surface area contributed by atoms with Crippen molar-refractivity contribution >= 4 is 11.6 Å². The molecule has 31 heavy (non-hydrogen) atoms. The van der Waals surface area contributed by atoms with Gasteiger partial charge in [0.25, 0.3) is 11.5 Å². The van der Waals surface area contributed by atoms with Crippen LogP contribution >= 0.6 is 0 Å². The molecule has 1 saturated heterocycles. The van der Waals surface area contributed by atoms with Crippen LogP contribution in [0, 0.1) is 0 Å². The van der Waals surface area contributed by atoms with Crippen LogP contribution in [-0.4, -0.2) is 36.5 Å². The topological polar surface area (TPSA) is 72.5 Å². The van der Waals surface area contributed by atoms with E-state index in [1.54, 1.807) is 31.9 Å². The largest absolute Gasteiger partial charge is 0.433 e. The molecule has 1 fully saturated rings. The number of pyridine rings is 1. The van der Waals surface area contributed by atoms with Gasteiger partial charge in [0.1, 0.15) is 5.69 Å². The predicted octanol–water partition coefficient (Wildman–Crippen LogP) is 3.55. The van der Waals surface area contributed by atoms with Gasteiger partial charge in [-0.25, -0.2) is 9.50 Å². The molecule has 10 heteroatoms. The van der Waals surface area contributed by atoms with Gasteiger partial charge < -0.3 is 9.47 Å². The molecule has 0 aliphatic carbocycles. The molecule has 3 aromatic rings. The van der Waals surface area contributed by atoms with E-state index in [0.29, 0.717) is 30.8 Å². The number of alkyl halides is 3. The van der Waals surface area contributed by atoms with Crippen LogP contribution in [-0.2, 0) is 13.2 Å². The van der Waals surface area contributed by atoms with E-state index in [0.717, 1.165) is 10.6 Å². The lowest BCUT2D eigenvalue weighted by atomic mass is 10.1. The first-order valence-electron chi connectivity index (χ1n) is 10.0. The van der Waals surface area contributed by atoms with E-state index in [4.69, 9.17) is 0 Å². The number of carbonyl (C=O) groups excluding carboxylic acids is 1. The molecule has 0 spiro atoms. The quantitative estimate of drug-likeness (QED) is 0.633. The van der Waals surface area contributed by atoms with Gasteiger partial charge in [-0.3, -0.25) is 9.59 Å². The summed E-state index contributed by atoms with van der Waals surface area (Å²) in [5, 5.41) is 4.19. The first-order chi connectivity index (χ1) is 14.6. The molecule has 1 atom stereocenters. The Balaban J connectivity index is 1.76. The maximum Gasteiger partial charge on any atom is 0.433 e. The SMILES string of the molecule is CC(C)c1cc(C(F)(F)F)n2nc(C3CCCN3C(=O)c3ccn(C)c(=O)c3)cc2n1. The van der Waals surface area contributed by atoms with E-state index in [1.165, 1.54) is 22.9 Å². The zero-order chi connectivity index (χ0) is 22.5. The number of carbonyl (C=O) groups is 1. The van der Waals surface area contributed by atoms with Crippen LogP contribution in [0.3, 0.4) is 0 Å². The molecule has 0 saturated carbocycles. The van der Waals surface area contributed by atoms with Crippen LogP contribution in [0.2, 0.25) is 0 Å². The second-order valence-corrected chi connectivity index (χ2v) is 8.08. The zero-order valence-electron chi connectivity index (χ0n) is 17.3. The minimum atomic E-state index is -4.59. The van der Waals surface area contributed by atoms with Crippen molar-refractivity contribution in [2.24, 2.45) is 7.05 Å². The van der Waals surface area contributed by atoms with E-state index in [2.05, 4.69) is 10.1 Å². The molecule has 0 N–H and O–H groups in total. The van der Waals surface area contributed by atoms with Crippen LogP contribution in [0.5, 0.6) is 0 Å². The third kappa shape index (κ3) is 3.82. The summed E-state index contributed by atoms with van der Waals surface area (Å²) < 4.78 is 43.1. The Labute approximate surface area is 176 Å². The third-order valence-electron chi connectivity index (χ3n) is 5.55. The molecule has 4 heterocycles. The number of amides is 1. The summed E-state index contributed by atoms with van der Waals surface area (Å²) in [5.41, 5.74) is -0.180. The van der Waals surface area contributed by atoms with Gasteiger partial charge in [-0.15, -0.1) is 0 Å². The van der Waals surface area contributed by atoms with Crippen molar-refractivity contribution in [3.8, 4) is 0 Å². The molecule has 164 valence electrons. The Morgan fingerprint density at radius 3 is 2.61 bits per heavy atom. The van der Waals surface area contributed by atoms with Gasteiger partial charge in [-0.2, -0.15) is 18.3 Å². The van der Waals surface area contributed by atoms with Crippen molar-refractivity contribution in [1.82, 2.24) is 24.1 Å². The average molecular weight is 433 g/mol. The molecule has 0 bridgehead atoms. The summed E-state index contributed by atoms with van der Waals surface area (Å²) in [4.78, 5) is 30.8. The highest BCUT2D eigenvalue weighted by molar-refractivity contribution is 5.94. The zero-order valence-corrected chi connectivity index (χ0v) is 17.3. The number of fused-ring (bicyclic) bond motifs is 1. The number of nitrogens with zero attached hydrogens (tertiary/aromatic N) is 5. The van der Waals surface area contributed by atoms with E-state index in [9.17, 15) is 22.8 Å². The van der Waals surface area contributed by atoms with Gasteiger partial charge in [0.15, 0.2) is 5.65 Å². The number of hydrogen-bond donors (Lipinski definition) is 0. The summed E-state index contributed by atoms with van der Waals surface area (Å²) >= 11 is 0. The summed E-state index contributed by atoms with van der Waals surface area (Å²) in [6.45, 7) is 3.99. The Kier molecular flexibility index (Phi) is 5.10. The lowest BCUT2D eigenvalue weighted by molar-refractivity contribution is -0.142. The number of rotatable bonds is 3. The van der Waals surface area contributed by atoms with Crippen molar-refractivity contribution in [2.75, 3.05) is 6.54 Å². The molecule has 1 aliphatic heterocycles. The highest BCUT2D eigenvalue weighted by atomic mass is 19.4. The van der Waals surface area contributed by atoms with Crippen molar-refractivity contribution in [3.05, 3.63) is 63.5 Å². The maximum absolute atomic E-state index is 13.7. The molecule has 1 amide bonds. The molecule has 1 unspecified atom stereocenters. The van der Waals surface area contributed by atoms with Gasteiger partial charge in [0.2, 0.25) is 0 Å². The summed E-state index contributed by atoms with van der Waals surface area (Å²) in [6.07, 6.45) is -1.83. The number of aryl methyl sites for hydroxylation is 1. The normalized spacial score (nSPS) is 17.1. The summed E-state index contributed by atoms with van der Waals surface area (Å²) in [6, 6.07) is 4.87. The van der Waals surface area contributed by atoms with Crippen LogP contribution < -0.4 is 5.56 Å². The van der Waals surface area contributed by atoms with Crippen LogP contribution in [0.25, 0.3) is 5.65 Å². The minimum Gasteiger partial charge on any atom is -0.330 e. The molecule has 7 nitrogen and oxygen atoms in total. The van der Waals surface area contributed by atoms with Gasteiger partial charge in [-0.1, -0.05) is 13.8 Å². The fraction of sp³-hybridized carbons (Fsp3) is 0.429. The van der Waals surface area contributed by atoms with E-state index >= 15 is 0 Å². The van der Waals surface area contributed by atoms with Crippen LogP contribution in [0.4, 0.5) is 13.2 Å². The van der Waals surface area contributed by atoms with Gasteiger partial charge >= 0.3 is 6.18 Å². The van der Waals surface area contributed by atoms with Crippen molar-refractivity contribution < 1.29 is 18.0 Å². The van der Waals surface area contributed by atoms with Crippen LogP contribution in [0.15, 0.2) is 35.3 Å². The standard InChI is InChI=1S/C21H22F3N5O2/c1-12(2)14-10-17(21(22,23)24)29-18(25-14)11-15(26-29)16-5-4-7-28(16)20(31)13-6-8-27(3)19(30)9-13/h6,8-12,16H,4-5,7H2,1-3H3. The molecule has 0 aromatic carbocycles. The number of halogens is 3. The molecule has 3 aromatic heterocycles. The molecule has 4 rings (SSSR count). The second-order valence-electron chi connectivity index (χ2n) is 8.08. The Hall–Kier alpha value is -3.17. The van der Waals surface area contributed by atoms with E-state index in [-0.39, 0.29) is 28.6 Å². The monoisotopic (exact) mass is 433 g/mol. The Morgan fingerprint density at radius 1 is 1.23 bits per heavy atom. The summed E-state index contributed by atoms with van der Waals surface area (Å²) in [7, 11) is 1.59. The molecule has 0 radical (unpaired) electrons. The average Bonchev–Trinajstić information content (AvgIpc) is 3.34. The summed E-state index contributed by atoms with van der Waals surface area (Å²) in [5.74, 6) is -0.529. The number of aromatic nitrogens is 4. The fourth-order valence-corrected chi connectivity index (χ4v) is 3.84. The number of hydrogen-bond acceptors (Lipinski definition) is 4. The van der Waals surface area contributed by atoms with Crippen molar-refractivity contribution in [1.29, 1.82) is 0 Å². The smallest absolute Gasteiger partial charge is 0.330 e. The predicted molar refractivity (Wildman–Crippen MR) is 107 cm³/mol. The molecule has 1 aliphatic rings.